The number of likely N-dealkylation sites (tertiary alicyclic amines) is 1. The number of hydrogen-bond acceptors (Lipinski definition) is 4. The van der Waals surface area contributed by atoms with Gasteiger partial charge in [-0.15, -0.1) is 0 Å². The van der Waals surface area contributed by atoms with Gasteiger partial charge >= 0.3 is 0 Å². The number of nitrogens with one attached hydrogen (secondary N) is 1. The molecule has 1 aromatic heterocycles. The monoisotopic (exact) mass is 289 g/mol. The minimum absolute atomic E-state index is 0.591. The molecule has 0 aromatic carbocycles. The van der Waals surface area contributed by atoms with Crippen LogP contribution < -0.4 is 5.32 Å². The van der Waals surface area contributed by atoms with E-state index in [0.29, 0.717) is 5.92 Å². The predicted molar refractivity (Wildman–Crippen MR) is 85.7 cm³/mol. The van der Waals surface area contributed by atoms with E-state index in [-0.39, 0.29) is 0 Å². The molecule has 0 saturated carbocycles. The van der Waals surface area contributed by atoms with E-state index in [0.717, 1.165) is 38.0 Å². The zero-order valence-corrected chi connectivity index (χ0v) is 13.1. The number of aromatic nitrogens is 1. The summed E-state index contributed by atoms with van der Waals surface area (Å²) in [6.07, 6.45) is 4.88. The van der Waals surface area contributed by atoms with E-state index in [9.17, 15) is 0 Å². The van der Waals surface area contributed by atoms with Crippen LogP contribution in [0.5, 0.6) is 0 Å². The van der Waals surface area contributed by atoms with Crippen LogP contribution in [0, 0.1) is 5.92 Å². The second-order valence-corrected chi connectivity index (χ2v) is 6.49. The van der Waals surface area contributed by atoms with Gasteiger partial charge in [0, 0.05) is 37.9 Å². The van der Waals surface area contributed by atoms with E-state index >= 15 is 0 Å². The van der Waals surface area contributed by atoms with E-state index in [2.05, 4.69) is 35.5 Å². The summed E-state index contributed by atoms with van der Waals surface area (Å²) >= 11 is 0. The Bertz CT molecular complexity index is 445. The van der Waals surface area contributed by atoms with Crippen molar-refractivity contribution in [1.82, 2.24) is 9.88 Å². The Morgan fingerprint density at radius 3 is 2.95 bits per heavy atom. The van der Waals surface area contributed by atoms with Crippen LogP contribution in [0.2, 0.25) is 0 Å². The van der Waals surface area contributed by atoms with Gasteiger partial charge in [0.1, 0.15) is 5.82 Å². The summed E-state index contributed by atoms with van der Waals surface area (Å²) in [7, 11) is 2.21. The number of hydrogen-bond donors (Lipinski definition) is 1. The van der Waals surface area contributed by atoms with Gasteiger partial charge in [-0.05, 0) is 57.3 Å². The molecule has 0 bridgehead atoms. The first kappa shape index (κ1) is 14.8. The molecular formula is C17H27N3O. The van der Waals surface area contributed by atoms with Gasteiger partial charge in [-0.3, -0.25) is 0 Å². The maximum Gasteiger partial charge on any atom is 0.126 e. The Balaban J connectivity index is 1.57. The molecule has 0 spiro atoms. The van der Waals surface area contributed by atoms with Gasteiger partial charge in [0.15, 0.2) is 0 Å². The van der Waals surface area contributed by atoms with Crippen molar-refractivity contribution in [1.29, 1.82) is 0 Å². The quantitative estimate of drug-likeness (QED) is 0.925. The minimum atomic E-state index is 0.591. The third-order valence-corrected chi connectivity index (χ3v) is 4.73. The van der Waals surface area contributed by atoms with Gasteiger partial charge in [-0.1, -0.05) is 6.07 Å². The maximum atomic E-state index is 5.41. The summed E-state index contributed by atoms with van der Waals surface area (Å²) in [5.74, 6) is 2.35. The number of nitrogens with zero attached hydrogens (tertiary/aromatic N) is 2. The Morgan fingerprint density at radius 1 is 1.29 bits per heavy atom. The average Bonchev–Trinajstić information content (AvgIpc) is 2.54. The van der Waals surface area contributed by atoms with Crippen molar-refractivity contribution in [3.63, 3.8) is 0 Å². The lowest BCUT2D eigenvalue weighted by atomic mass is 9.94. The predicted octanol–water partition coefficient (Wildman–Crippen LogP) is 2.73. The fraction of sp³-hybridized carbons (Fsp3) is 0.706. The highest BCUT2D eigenvalue weighted by atomic mass is 16.5. The molecule has 1 N–H and O–H groups in total. The van der Waals surface area contributed by atoms with Crippen molar-refractivity contribution in [3.8, 4) is 0 Å². The van der Waals surface area contributed by atoms with Gasteiger partial charge in [-0.25, -0.2) is 4.98 Å². The van der Waals surface area contributed by atoms with Crippen molar-refractivity contribution in [3.05, 3.63) is 23.9 Å². The highest BCUT2D eigenvalue weighted by Crippen LogP contribution is 2.25. The van der Waals surface area contributed by atoms with Gasteiger partial charge in [0.05, 0.1) is 0 Å². The fourth-order valence-corrected chi connectivity index (χ4v) is 3.38. The summed E-state index contributed by atoms with van der Waals surface area (Å²) in [5, 5.41) is 3.52. The highest BCUT2D eigenvalue weighted by Gasteiger charge is 2.20. The Morgan fingerprint density at radius 2 is 2.14 bits per heavy atom. The first-order valence-corrected chi connectivity index (χ1v) is 8.28. The third kappa shape index (κ3) is 4.17. The van der Waals surface area contributed by atoms with Crippen molar-refractivity contribution in [2.45, 2.75) is 31.6 Å². The van der Waals surface area contributed by atoms with E-state index in [4.69, 9.17) is 9.72 Å². The minimum Gasteiger partial charge on any atom is -0.381 e. The van der Waals surface area contributed by atoms with Crippen molar-refractivity contribution >= 4 is 5.82 Å². The molecule has 3 rings (SSSR count). The van der Waals surface area contributed by atoms with Crippen LogP contribution in [-0.4, -0.2) is 49.8 Å². The lowest BCUT2D eigenvalue weighted by molar-refractivity contribution is 0.0699. The summed E-state index contributed by atoms with van der Waals surface area (Å²) in [5.41, 5.74) is 1.25. The second-order valence-electron chi connectivity index (χ2n) is 6.49. The smallest absolute Gasteiger partial charge is 0.126 e. The van der Waals surface area contributed by atoms with Crippen LogP contribution in [0.1, 0.15) is 37.3 Å². The zero-order valence-electron chi connectivity index (χ0n) is 13.1. The van der Waals surface area contributed by atoms with Crippen molar-refractivity contribution in [2.24, 2.45) is 5.92 Å². The second kappa shape index (κ2) is 7.23. The Hall–Kier alpha value is -1.13. The van der Waals surface area contributed by atoms with Crippen LogP contribution in [0.15, 0.2) is 18.2 Å². The summed E-state index contributed by atoms with van der Waals surface area (Å²) in [6, 6.07) is 6.42. The van der Waals surface area contributed by atoms with Crippen LogP contribution in [0.3, 0.4) is 0 Å². The first-order chi connectivity index (χ1) is 10.3. The van der Waals surface area contributed by atoms with Crippen molar-refractivity contribution in [2.75, 3.05) is 45.2 Å². The molecule has 1 aromatic rings. The van der Waals surface area contributed by atoms with Crippen LogP contribution in [0.25, 0.3) is 0 Å². The molecule has 0 aliphatic carbocycles. The molecule has 4 heteroatoms. The van der Waals surface area contributed by atoms with Gasteiger partial charge in [0.2, 0.25) is 0 Å². The molecule has 21 heavy (non-hydrogen) atoms. The lowest BCUT2D eigenvalue weighted by Gasteiger charge is -2.29. The number of piperidine rings is 1. The topological polar surface area (TPSA) is 37.4 Å². The highest BCUT2D eigenvalue weighted by molar-refractivity contribution is 5.36. The Labute approximate surface area is 127 Å². The molecule has 3 heterocycles. The molecule has 2 saturated heterocycles. The zero-order chi connectivity index (χ0) is 14.5. The molecule has 2 aliphatic heterocycles. The summed E-state index contributed by atoms with van der Waals surface area (Å²) in [4.78, 5) is 7.26. The van der Waals surface area contributed by atoms with E-state index in [1.807, 2.05) is 0 Å². The lowest BCUT2D eigenvalue weighted by Crippen LogP contribution is -2.31. The standard InChI is InChI=1S/C17H27N3O/c1-20-9-3-4-15(13-20)16-5-2-6-17(19-16)18-12-14-7-10-21-11-8-14/h2,5-6,14-15H,3-4,7-13H2,1H3,(H,18,19). The number of pyridine rings is 1. The number of likely N-dealkylation sites (N-methyl/N-ethyl adjacent to an activating group) is 1. The van der Waals surface area contributed by atoms with Crippen LogP contribution in [0.4, 0.5) is 5.82 Å². The molecule has 116 valence electrons. The SMILES string of the molecule is CN1CCCC(c2cccc(NCC3CCOCC3)n2)C1. The molecule has 4 nitrogen and oxygen atoms in total. The third-order valence-electron chi connectivity index (χ3n) is 4.73. The van der Waals surface area contributed by atoms with Crippen LogP contribution in [-0.2, 0) is 4.74 Å². The van der Waals surface area contributed by atoms with Crippen molar-refractivity contribution < 1.29 is 4.74 Å². The maximum absolute atomic E-state index is 5.41. The summed E-state index contributed by atoms with van der Waals surface area (Å²) in [6.45, 7) is 5.20. The number of rotatable bonds is 4. The fourth-order valence-electron chi connectivity index (χ4n) is 3.38. The number of ether oxygens (including phenoxy) is 1. The van der Waals surface area contributed by atoms with Crippen LogP contribution >= 0.6 is 0 Å². The largest absolute Gasteiger partial charge is 0.381 e. The van der Waals surface area contributed by atoms with Gasteiger partial charge < -0.3 is 15.0 Å². The Kier molecular flexibility index (Phi) is 5.09. The molecule has 2 fully saturated rings. The molecular weight excluding hydrogens is 262 g/mol. The van der Waals surface area contributed by atoms with E-state index < -0.39 is 0 Å². The van der Waals surface area contributed by atoms with Gasteiger partial charge in [0.25, 0.3) is 0 Å². The van der Waals surface area contributed by atoms with Gasteiger partial charge in [-0.2, -0.15) is 0 Å². The first-order valence-electron chi connectivity index (χ1n) is 8.28. The molecule has 2 aliphatic rings. The van der Waals surface area contributed by atoms with E-state index in [1.54, 1.807) is 0 Å². The molecule has 1 atom stereocenters. The van der Waals surface area contributed by atoms with E-state index in [1.165, 1.54) is 37.9 Å². The molecule has 0 radical (unpaired) electrons. The normalized spacial score (nSPS) is 24.9. The average molecular weight is 289 g/mol. The molecule has 0 amide bonds. The molecule has 1 unspecified atom stereocenters. The number of anilines is 1. The summed E-state index contributed by atoms with van der Waals surface area (Å²) < 4.78 is 5.41.